The fourth-order valence-corrected chi connectivity index (χ4v) is 4.29. The molecule has 0 nitrogen and oxygen atoms in total. The van der Waals surface area contributed by atoms with E-state index in [1.54, 1.807) is 0 Å². The molecule has 3 unspecified atom stereocenters. The molecule has 18 heavy (non-hydrogen) atoms. The second-order valence-electron chi connectivity index (χ2n) is 5.38. The smallest absolute Gasteiger partial charge is 0.137 e. The molecular weight excluding hydrogens is 322 g/mol. The van der Waals surface area contributed by atoms with Crippen LogP contribution < -0.4 is 0 Å². The van der Waals surface area contributed by atoms with Gasteiger partial charge in [0.2, 0.25) is 0 Å². The second kappa shape index (κ2) is 4.75. The monoisotopic (exact) mass is 334 g/mol. The van der Waals surface area contributed by atoms with Crippen LogP contribution in [0.15, 0.2) is 16.6 Å². The number of alkyl halides is 1. The number of fused-ring (bicyclic) bond motifs is 1. The van der Waals surface area contributed by atoms with Crippen molar-refractivity contribution in [2.75, 3.05) is 0 Å². The first-order valence-electron chi connectivity index (χ1n) is 6.38. The van der Waals surface area contributed by atoms with Crippen LogP contribution in [0.5, 0.6) is 0 Å². The van der Waals surface area contributed by atoms with Crippen LogP contribution in [0.1, 0.15) is 36.6 Å². The van der Waals surface area contributed by atoms with Gasteiger partial charge in [-0.25, -0.2) is 8.78 Å². The first-order valence-corrected chi connectivity index (χ1v) is 7.61. The minimum atomic E-state index is -0.444. The van der Waals surface area contributed by atoms with E-state index in [1.807, 2.05) is 0 Å². The highest BCUT2D eigenvalue weighted by molar-refractivity contribution is 9.10. The van der Waals surface area contributed by atoms with Crippen LogP contribution in [-0.2, 0) is 0 Å². The van der Waals surface area contributed by atoms with Gasteiger partial charge in [-0.1, -0.05) is 12.8 Å². The van der Waals surface area contributed by atoms with E-state index in [2.05, 4.69) is 15.9 Å². The van der Waals surface area contributed by atoms with Crippen molar-refractivity contribution in [3.63, 3.8) is 0 Å². The molecule has 3 atom stereocenters. The Bertz CT molecular complexity index is 465. The molecule has 0 aromatic heterocycles. The summed E-state index contributed by atoms with van der Waals surface area (Å²) in [6.45, 7) is 0. The maximum absolute atomic E-state index is 13.9. The maximum Gasteiger partial charge on any atom is 0.137 e. The highest BCUT2D eigenvalue weighted by Gasteiger charge is 2.54. The predicted molar refractivity (Wildman–Crippen MR) is 71.6 cm³/mol. The summed E-state index contributed by atoms with van der Waals surface area (Å²) in [5.41, 5.74) is 0.316. The van der Waals surface area contributed by atoms with Crippen molar-refractivity contribution in [3.05, 3.63) is 33.8 Å². The van der Waals surface area contributed by atoms with Crippen LogP contribution in [0, 0.1) is 29.4 Å². The standard InChI is InChI=1S/C14H14BrClF2/c15-10-6-11(17)9(5-12(10)18)14(16)13-7-3-1-2-4-8(7)13/h5-8,13-14H,1-4H2. The van der Waals surface area contributed by atoms with E-state index < -0.39 is 11.6 Å². The van der Waals surface area contributed by atoms with Crippen molar-refractivity contribution < 1.29 is 8.78 Å². The fourth-order valence-electron chi connectivity index (χ4n) is 3.44. The summed E-state index contributed by atoms with van der Waals surface area (Å²) in [6.07, 6.45) is 4.88. The lowest BCUT2D eigenvalue weighted by atomic mass is 10.0. The maximum atomic E-state index is 13.9. The third-order valence-corrected chi connectivity index (χ3v) is 5.53. The molecule has 1 aromatic carbocycles. The van der Waals surface area contributed by atoms with Gasteiger partial charge in [0.15, 0.2) is 0 Å². The average molecular weight is 336 g/mol. The topological polar surface area (TPSA) is 0 Å². The molecule has 0 N–H and O–H groups in total. The molecule has 2 fully saturated rings. The zero-order valence-electron chi connectivity index (χ0n) is 9.80. The van der Waals surface area contributed by atoms with E-state index in [0.717, 1.165) is 0 Å². The summed E-state index contributed by atoms with van der Waals surface area (Å²) < 4.78 is 27.5. The van der Waals surface area contributed by atoms with E-state index in [0.29, 0.717) is 23.3 Å². The number of benzene rings is 1. The van der Waals surface area contributed by atoms with Crippen LogP contribution in [0.3, 0.4) is 0 Å². The van der Waals surface area contributed by atoms with Gasteiger partial charge in [0.1, 0.15) is 11.6 Å². The molecule has 0 aliphatic heterocycles. The molecule has 0 saturated heterocycles. The number of halogens is 4. The number of hydrogen-bond donors (Lipinski definition) is 0. The number of hydrogen-bond acceptors (Lipinski definition) is 0. The van der Waals surface area contributed by atoms with Gasteiger partial charge in [0.05, 0.1) is 9.85 Å². The summed E-state index contributed by atoms with van der Waals surface area (Å²) in [5, 5.41) is -0.388. The van der Waals surface area contributed by atoms with E-state index in [9.17, 15) is 8.78 Å². The zero-order chi connectivity index (χ0) is 12.9. The molecule has 3 rings (SSSR count). The summed E-state index contributed by atoms with van der Waals surface area (Å²) in [7, 11) is 0. The quantitative estimate of drug-likeness (QED) is 0.498. The summed E-state index contributed by atoms with van der Waals surface area (Å²) >= 11 is 9.37. The summed E-state index contributed by atoms with van der Waals surface area (Å²) in [4.78, 5) is 0. The lowest BCUT2D eigenvalue weighted by molar-refractivity contribution is 0.480. The normalized spacial score (nSPS) is 31.9. The van der Waals surface area contributed by atoms with Gasteiger partial charge in [-0.3, -0.25) is 0 Å². The Morgan fingerprint density at radius 1 is 1.11 bits per heavy atom. The van der Waals surface area contributed by atoms with Crippen LogP contribution in [0.4, 0.5) is 8.78 Å². The van der Waals surface area contributed by atoms with Crippen molar-refractivity contribution in [3.8, 4) is 0 Å². The highest BCUT2D eigenvalue weighted by atomic mass is 79.9. The SMILES string of the molecule is Fc1cc(C(Cl)C2C3CCCCC32)c(F)cc1Br. The minimum Gasteiger partial charge on any atom is -0.207 e. The Morgan fingerprint density at radius 2 is 1.72 bits per heavy atom. The molecular formula is C14H14BrClF2. The van der Waals surface area contributed by atoms with Gasteiger partial charge in [0, 0.05) is 5.56 Å². The van der Waals surface area contributed by atoms with Gasteiger partial charge >= 0.3 is 0 Å². The van der Waals surface area contributed by atoms with Crippen molar-refractivity contribution in [1.82, 2.24) is 0 Å². The number of rotatable bonds is 2. The summed E-state index contributed by atoms with van der Waals surface area (Å²) in [5.74, 6) is 0.747. The van der Waals surface area contributed by atoms with Gasteiger partial charge in [0.25, 0.3) is 0 Å². The van der Waals surface area contributed by atoms with Gasteiger partial charge in [-0.2, -0.15) is 0 Å². The molecule has 4 heteroatoms. The third-order valence-electron chi connectivity index (χ3n) is 4.40. The van der Waals surface area contributed by atoms with Crippen LogP contribution in [-0.4, -0.2) is 0 Å². The predicted octanol–water partition coefficient (Wildman–Crippen LogP) is 5.44. The van der Waals surface area contributed by atoms with Crippen LogP contribution in [0.25, 0.3) is 0 Å². The molecule has 1 aromatic rings. The van der Waals surface area contributed by atoms with Crippen molar-refractivity contribution in [2.24, 2.45) is 17.8 Å². The Kier molecular flexibility index (Phi) is 3.39. The van der Waals surface area contributed by atoms with E-state index in [-0.39, 0.29) is 9.85 Å². The average Bonchev–Trinajstić information content (AvgIpc) is 3.07. The molecule has 0 bridgehead atoms. The van der Waals surface area contributed by atoms with E-state index >= 15 is 0 Å². The highest BCUT2D eigenvalue weighted by Crippen LogP contribution is 2.62. The molecule has 2 aliphatic carbocycles. The molecule has 0 spiro atoms. The minimum absolute atomic E-state index is 0.154. The Labute approximate surface area is 119 Å². The van der Waals surface area contributed by atoms with Crippen molar-refractivity contribution in [1.29, 1.82) is 0 Å². The lowest BCUT2D eigenvalue weighted by Crippen LogP contribution is -2.01. The summed E-state index contributed by atoms with van der Waals surface area (Å²) in [6, 6.07) is 2.41. The molecule has 2 aliphatic rings. The van der Waals surface area contributed by atoms with E-state index in [4.69, 9.17) is 11.6 Å². The fraction of sp³-hybridized carbons (Fsp3) is 0.571. The first-order chi connectivity index (χ1) is 8.59. The van der Waals surface area contributed by atoms with Crippen molar-refractivity contribution in [2.45, 2.75) is 31.1 Å². The van der Waals surface area contributed by atoms with Gasteiger partial charge in [-0.15, -0.1) is 11.6 Å². The van der Waals surface area contributed by atoms with Crippen LogP contribution >= 0.6 is 27.5 Å². The van der Waals surface area contributed by atoms with Crippen LogP contribution in [0.2, 0.25) is 0 Å². The molecule has 0 heterocycles. The van der Waals surface area contributed by atoms with E-state index in [1.165, 1.54) is 37.8 Å². The zero-order valence-corrected chi connectivity index (χ0v) is 12.1. The molecule has 0 radical (unpaired) electrons. The second-order valence-corrected chi connectivity index (χ2v) is 6.70. The molecule has 98 valence electrons. The van der Waals surface area contributed by atoms with Gasteiger partial charge in [-0.05, 0) is 58.7 Å². The Balaban J connectivity index is 1.85. The Hall–Kier alpha value is -0.150. The first kappa shape index (κ1) is 12.9. The molecule has 2 saturated carbocycles. The largest absolute Gasteiger partial charge is 0.207 e. The third kappa shape index (κ3) is 2.09. The Morgan fingerprint density at radius 3 is 2.33 bits per heavy atom. The van der Waals surface area contributed by atoms with Crippen molar-refractivity contribution >= 4 is 27.5 Å². The lowest BCUT2D eigenvalue weighted by Gasteiger charge is -2.11. The molecule has 0 amide bonds. The van der Waals surface area contributed by atoms with Gasteiger partial charge < -0.3 is 0 Å².